The maximum Gasteiger partial charge on any atom is 0.0660 e. The SMILES string of the molecule is C#CC(C)NCC(C)=CCl. The Kier molecular flexibility index (Phi) is 5.10. The van der Waals surface area contributed by atoms with E-state index in [0.29, 0.717) is 0 Å². The molecule has 1 nitrogen and oxygen atoms in total. The average Bonchev–Trinajstić information content (AvgIpc) is 1.99. The molecular formula is C8H12ClN. The molecule has 56 valence electrons. The Labute approximate surface area is 67.5 Å². The summed E-state index contributed by atoms with van der Waals surface area (Å²) in [5.74, 6) is 2.56. The molecule has 0 saturated carbocycles. The largest absolute Gasteiger partial charge is 0.300 e. The minimum atomic E-state index is 0.117. The molecule has 0 heterocycles. The summed E-state index contributed by atoms with van der Waals surface area (Å²) in [6.45, 7) is 4.64. The van der Waals surface area contributed by atoms with Crippen LogP contribution < -0.4 is 5.32 Å². The van der Waals surface area contributed by atoms with Gasteiger partial charge in [0.05, 0.1) is 6.04 Å². The van der Waals surface area contributed by atoms with Crippen molar-refractivity contribution in [2.45, 2.75) is 19.9 Å². The Bertz CT molecular complexity index is 155. The van der Waals surface area contributed by atoms with Crippen LogP contribution in [0.4, 0.5) is 0 Å². The van der Waals surface area contributed by atoms with Crippen molar-refractivity contribution in [3.05, 3.63) is 11.1 Å². The lowest BCUT2D eigenvalue weighted by molar-refractivity contribution is 0.688. The molecule has 0 fully saturated rings. The third kappa shape index (κ3) is 4.43. The molecule has 0 aromatic carbocycles. The summed E-state index contributed by atoms with van der Waals surface area (Å²) in [5.41, 5.74) is 2.64. The van der Waals surface area contributed by atoms with Gasteiger partial charge in [0.25, 0.3) is 0 Å². The molecule has 0 aliphatic rings. The second kappa shape index (κ2) is 5.34. The highest BCUT2D eigenvalue weighted by Crippen LogP contribution is 1.92. The molecule has 10 heavy (non-hydrogen) atoms. The van der Waals surface area contributed by atoms with Crippen molar-refractivity contribution >= 4 is 11.6 Å². The van der Waals surface area contributed by atoms with Gasteiger partial charge in [-0.1, -0.05) is 17.5 Å². The molecule has 0 radical (unpaired) electrons. The lowest BCUT2D eigenvalue weighted by atomic mass is 10.3. The molecule has 1 unspecified atom stereocenters. The maximum absolute atomic E-state index is 5.42. The minimum absolute atomic E-state index is 0.117. The Morgan fingerprint density at radius 2 is 2.50 bits per heavy atom. The van der Waals surface area contributed by atoms with Gasteiger partial charge in [0.1, 0.15) is 0 Å². The zero-order valence-corrected chi connectivity index (χ0v) is 7.07. The molecule has 0 bridgehead atoms. The van der Waals surface area contributed by atoms with Crippen molar-refractivity contribution in [1.29, 1.82) is 0 Å². The van der Waals surface area contributed by atoms with Crippen LogP contribution in [0.25, 0.3) is 0 Å². The van der Waals surface area contributed by atoms with Gasteiger partial charge in [-0.15, -0.1) is 6.42 Å². The second-order valence-electron chi connectivity index (χ2n) is 2.22. The number of hydrogen-bond acceptors (Lipinski definition) is 1. The van der Waals surface area contributed by atoms with E-state index < -0.39 is 0 Å². The van der Waals surface area contributed by atoms with E-state index in [1.807, 2.05) is 13.8 Å². The number of rotatable bonds is 3. The van der Waals surface area contributed by atoms with Crippen molar-refractivity contribution in [3.8, 4) is 12.3 Å². The Morgan fingerprint density at radius 1 is 1.90 bits per heavy atom. The zero-order chi connectivity index (χ0) is 7.98. The fourth-order valence-electron chi connectivity index (χ4n) is 0.412. The van der Waals surface area contributed by atoms with Crippen LogP contribution in [0.1, 0.15) is 13.8 Å². The van der Waals surface area contributed by atoms with Gasteiger partial charge in [0.15, 0.2) is 0 Å². The molecule has 1 N–H and O–H groups in total. The van der Waals surface area contributed by atoms with Crippen LogP contribution in [0, 0.1) is 12.3 Å². The fourth-order valence-corrected chi connectivity index (χ4v) is 0.489. The molecule has 0 aromatic heterocycles. The summed E-state index contributed by atoms with van der Waals surface area (Å²) in [4.78, 5) is 0. The van der Waals surface area contributed by atoms with E-state index in [9.17, 15) is 0 Å². The van der Waals surface area contributed by atoms with E-state index in [2.05, 4.69) is 11.2 Å². The predicted molar refractivity (Wildman–Crippen MR) is 45.9 cm³/mol. The number of hydrogen-bond donors (Lipinski definition) is 1. The van der Waals surface area contributed by atoms with Crippen LogP contribution in [-0.4, -0.2) is 12.6 Å². The lowest BCUT2D eigenvalue weighted by Gasteiger charge is -2.05. The molecule has 2 heteroatoms. The number of nitrogens with one attached hydrogen (secondary N) is 1. The first-order valence-corrected chi connectivity index (χ1v) is 3.59. The zero-order valence-electron chi connectivity index (χ0n) is 6.32. The molecule has 0 rings (SSSR count). The first kappa shape index (κ1) is 9.55. The van der Waals surface area contributed by atoms with Crippen molar-refractivity contribution in [3.63, 3.8) is 0 Å². The lowest BCUT2D eigenvalue weighted by Crippen LogP contribution is -2.25. The quantitative estimate of drug-likeness (QED) is 0.616. The molecule has 0 aromatic rings. The molecule has 0 aliphatic heterocycles. The van der Waals surface area contributed by atoms with E-state index in [4.69, 9.17) is 18.0 Å². The number of terminal acetylenes is 1. The monoisotopic (exact) mass is 157 g/mol. The summed E-state index contributed by atoms with van der Waals surface area (Å²) in [6, 6.07) is 0.117. The topological polar surface area (TPSA) is 12.0 Å². The van der Waals surface area contributed by atoms with Gasteiger partial charge in [-0.25, -0.2) is 0 Å². The maximum atomic E-state index is 5.42. The molecule has 0 amide bonds. The van der Waals surface area contributed by atoms with Gasteiger partial charge >= 0.3 is 0 Å². The van der Waals surface area contributed by atoms with Gasteiger partial charge in [-0.3, -0.25) is 0 Å². The van der Waals surface area contributed by atoms with Crippen molar-refractivity contribution in [2.75, 3.05) is 6.54 Å². The molecular weight excluding hydrogens is 146 g/mol. The molecule has 1 atom stereocenters. The summed E-state index contributed by atoms with van der Waals surface area (Å²) in [6.07, 6.45) is 5.13. The van der Waals surface area contributed by atoms with Gasteiger partial charge in [-0.2, -0.15) is 0 Å². The third-order valence-electron chi connectivity index (χ3n) is 1.12. The van der Waals surface area contributed by atoms with Crippen LogP contribution in [0.5, 0.6) is 0 Å². The summed E-state index contributed by atoms with van der Waals surface area (Å²) >= 11 is 5.42. The van der Waals surface area contributed by atoms with Gasteiger partial charge in [-0.05, 0) is 19.4 Å². The second-order valence-corrected chi connectivity index (χ2v) is 2.44. The van der Waals surface area contributed by atoms with Crippen LogP contribution in [0.3, 0.4) is 0 Å². The Balaban J connectivity index is 3.47. The normalized spacial score (nSPS) is 14.4. The highest BCUT2D eigenvalue weighted by atomic mass is 35.5. The van der Waals surface area contributed by atoms with E-state index in [-0.39, 0.29) is 6.04 Å². The summed E-state index contributed by atoms with van der Waals surface area (Å²) in [5, 5.41) is 3.09. The Hall–Kier alpha value is -0.450. The van der Waals surface area contributed by atoms with E-state index in [1.54, 1.807) is 5.54 Å². The number of halogens is 1. The van der Waals surface area contributed by atoms with Crippen molar-refractivity contribution < 1.29 is 0 Å². The minimum Gasteiger partial charge on any atom is -0.300 e. The average molecular weight is 158 g/mol. The van der Waals surface area contributed by atoms with Gasteiger partial charge in [0, 0.05) is 12.1 Å². The first-order valence-electron chi connectivity index (χ1n) is 3.16. The van der Waals surface area contributed by atoms with Gasteiger partial charge in [0.2, 0.25) is 0 Å². The van der Waals surface area contributed by atoms with Crippen LogP contribution in [-0.2, 0) is 0 Å². The van der Waals surface area contributed by atoms with Crippen LogP contribution in [0.2, 0.25) is 0 Å². The van der Waals surface area contributed by atoms with E-state index in [1.165, 1.54) is 0 Å². The third-order valence-corrected chi connectivity index (χ3v) is 1.50. The smallest absolute Gasteiger partial charge is 0.0660 e. The molecule has 0 saturated heterocycles. The van der Waals surface area contributed by atoms with E-state index >= 15 is 0 Å². The highest BCUT2D eigenvalue weighted by molar-refractivity contribution is 6.25. The van der Waals surface area contributed by atoms with Crippen molar-refractivity contribution in [1.82, 2.24) is 5.32 Å². The molecule has 0 aliphatic carbocycles. The first-order chi connectivity index (χ1) is 4.70. The fraction of sp³-hybridized carbons (Fsp3) is 0.500. The summed E-state index contributed by atoms with van der Waals surface area (Å²) < 4.78 is 0. The van der Waals surface area contributed by atoms with Gasteiger partial charge < -0.3 is 5.32 Å². The van der Waals surface area contributed by atoms with Crippen molar-refractivity contribution in [2.24, 2.45) is 0 Å². The summed E-state index contributed by atoms with van der Waals surface area (Å²) in [7, 11) is 0. The van der Waals surface area contributed by atoms with Crippen LogP contribution >= 0.6 is 11.6 Å². The van der Waals surface area contributed by atoms with E-state index in [0.717, 1.165) is 12.1 Å². The molecule has 0 spiro atoms. The standard InChI is InChI=1S/C8H12ClN/c1-4-8(3)10-6-7(2)5-9/h1,5,8,10H,6H2,2-3H3. The Morgan fingerprint density at radius 3 is 2.90 bits per heavy atom. The van der Waals surface area contributed by atoms with Crippen LogP contribution in [0.15, 0.2) is 11.1 Å². The predicted octanol–water partition coefficient (Wildman–Crippen LogP) is 1.74. The highest BCUT2D eigenvalue weighted by Gasteiger charge is 1.93.